The third-order valence-corrected chi connectivity index (χ3v) is 7.44. The molecule has 29 heavy (non-hydrogen) atoms. The lowest BCUT2D eigenvalue weighted by Gasteiger charge is -2.33. The number of sulfonamides is 1. The molecule has 152 valence electrons. The Balaban J connectivity index is 1.48. The summed E-state index contributed by atoms with van der Waals surface area (Å²) >= 11 is 0. The zero-order valence-electron chi connectivity index (χ0n) is 16.3. The number of fused-ring (bicyclic) bond motifs is 3. The molecule has 1 saturated carbocycles. The number of anilines is 1. The summed E-state index contributed by atoms with van der Waals surface area (Å²) in [6.45, 7) is 0.573. The van der Waals surface area contributed by atoms with Crippen molar-refractivity contribution in [2.45, 2.75) is 61.8 Å². The summed E-state index contributed by atoms with van der Waals surface area (Å²) < 4.78 is 24.8. The van der Waals surface area contributed by atoms with E-state index in [4.69, 9.17) is 10.1 Å². The smallest absolute Gasteiger partial charge is 0.238 e. The van der Waals surface area contributed by atoms with Crippen molar-refractivity contribution in [3.05, 3.63) is 53.3 Å². The molecule has 5 rings (SSSR count). The first-order valence-corrected chi connectivity index (χ1v) is 11.7. The van der Waals surface area contributed by atoms with Gasteiger partial charge >= 0.3 is 0 Å². The number of benzene rings is 1. The quantitative estimate of drug-likeness (QED) is 0.687. The number of nitrogens with zero attached hydrogens (tertiary/aromatic N) is 3. The van der Waals surface area contributed by atoms with Gasteiger partial charge in [-0.1, -0.05) is 31.4 Å². The first-order valence-electron chi connectivity index (χ1n) is 10.2. The van der Waals surface area contributed by atoms with E-state index in [0.29, 0.717) is 6.54 Å². The molecule has 7 nitrogen and oxygen atoms in total. The average molecular weight is 412 g/mol. The molecule has 1 aromatic carbocycles. The summed E-state index contributed by atoms with van der Waals surface area (Å²) in [5.74, 6) is 1.01. The minimum atomic E-state index is -3.67. The van der Waals surface area contributed by atoms with Crippen molar-refractivity contribution in [3.63, 3.8) is 0 Å². The zero-order chi connectivity index (χ0) is 20.1. The third kappa shape index (κ3) is 3.20. The van der Waals surface area contributed by atoms with Gasteiger partial charge in [0.25, 0.3) is 0 Å². The summed E-state index contributed by atoms with van der Waals surface area (Å²) in [6, 6.07) is 8.63. The maximum absolute atomic E-state index is 11.5. The highest BCUT2D eigenvalue weighted by atomic mass is 32.2. The summed E-state index contributed by atoms with van der Waals surface area (Å²) in [6.07, 6.45) is 10.3. The summed E-state index contributed by atoms with van der Waals surface area (Å²) in [5, 5.41) is 13.2. The lowest BCUT2D eigenvalue weighted by Crippen LogP contribution is -2.27. The number of primary sulfonamides is 1. The largest absolute Gasteiger partial charge is 0.366 e. The maximum Gasteiger partial charge on any atom is 0.238 e. The number of nitrogens with one attached hydrogen (secondary N) is 1. The predicted octanol–water partition coefficient (Wildman–Crippen LogP) is 3.14. The zero-order valence-corrected chi connectivity index (χ0v) is 17.1. The number of hydrogen-bond acceptors (Lipinski definition) is 5. The molecule has 0 unspecified atom stereocenters. The molecule has 8 heteroatoms. The molecular formula is C21H25N5O2S. The molecule has 2 aromatic heterocycles. The molecule has 1 fully saturated rings. The van der Waals surface area contributed by atoms with Crippen LogP contribution in [0.25, 0.3) is 5.65 Å². The van der Waals surface area contributed by atoms with Crippen LogP contribution in [0.5, 0.6) is 0 Å². The molecule has 0 amide bonds. The molecule has 3 aromatic rings. The second-order valence-electron chi connectivity index (χ2n) is 8.27. The SMILES string of the molecule is NS(=O)(=O)c1ccc(CNc2c3c(nc4ccnn24)C2(CCCCC2)CC3)cc1. The second-order valence-corrected chi connectivity index (χ2v) is 9.83. The number of nitrogens with two attached hydrogens (primary N) is 1. The van der Waals surface area contributed by atoms with Gasteiger partial charge in [0.05, 0.1) is 16.8 Å². The van der Waals surface area contributed by atoms with Crippen LogP contribution in [0.2, 0.25) is 0 Å². The van der Waals surface area contributed by atoms with Crippen molar-refractivity contribution in [1.82, 2.24) is 14.6 Å². The van der Waals surface area contributed by atoms with E-state index in [9.17, 15) is 8.42 Å². The lowest BCUT2D eigenvalue weighted by molar-refractivity contribution is 0.286. The minimum absolute atomic E-state index is 0.125. The molecule has 0 aliphatic heterocycles. The molecule has 3 N–H and O–H groups in total. The Morgan fingerprint density at radius 2 is 1.83 bits per heavy atom. The van der Waals surface area contributed by atoms with Gasteiger partial charge in [0, 0.05) is 23.6 Å². The first-order chi connectivity index (χ1) is 14.0. The van der Waals surface area contributed by atoms with E-state index in [1.807, 2.05) is 10.6 Å². The van der Waals surface area contributed by atoms with Gasteiger partial charge < -0.3 is 5.32 Å². The second kappa shape index (κ2) is 6.81. The average Bonchev–Trinajstić information content (AvgIpc) is 3.31. The Hall–Kier alpha value is -2.45. The fraction of sp³-hybridized carbons (Fsp3) is 0.429. The summed E-state index contributed by atoms with van der Waals surface area (Å²) in [5.41, 5.74) is 4.63. The predicted molar refractivity (Wildman–Crippen MR) is 111 cm³/mol. The van der Waals surface area contributed by atoms with Gasteiger partial charge in [-0.05, 0) is 43.4 Å². The molecule has 0 saturated heterocycles. The molecule has 0 bridgehead atoms. The minimum Gasteiger partial charge on any atom is -0.366 e. The van der Waals surface area contributed by atoms with E-state index in [1.54, 1.807) is 30.5 Å². The fourth-order valence-electron chi connectivity index (χ4n) is 5.01. The highest BCUT2D eigenvalue weighted by Gasteiger charge is 2.42. The Morgan fingerprint density at radius 1 is 1.07 bits per heavy atom. The van der Waals surface area contributed by atoms with Crippen molar-refractivity contribution in [1.29, 1.82) is 0 Å². The fourth-order valence-corrected chi connectivity index (χ4v) is 5.53. The molecule has 2 aliphatic rings. The third-order valence-electron chi connectivity index (χ3n) is 6.51. The van der Waals surface area contributed by atoms with Gasteiger partial charge in [0.2, 0.25) is 10.0 Å². The summed E-state index contributed by atoms with van der Waals surface area (Å²) in [4.78, 5) is 5.15. The summed E-state index contributed by atoms with van der Waals surface area (Å²) in [7, 11) is -3.67. The first kappa shape index (κ1) is 18.6. The molecule has 1 spiro atoms. The number of hydrogen-bond donors (Lipinski definition) is 2. The maximum atomic E-state index is 11.5. The Labute approximate surface area is 170 Å². The van der Waals surface area contributed by atoms with Crippen LogP contribution in [0, 0.1) is 0 Å². The highest BCUT2D eigenvalue weighted by molar-refractivity contribution is 7.89. The number of aromatic nitrogens is 3. The van der Waals surface area contributed by atoms with Gasteiger partial charge in [-0.3, -0.25) is 0 Å². The molecular weight excluding hydrogens is 386 g/mol. The highest BCUT2D eigenvalue weighted by Crippen LogP contribution is 2.49. The Morgan fingerprint density at radius 3 is 2.55 bits per heavy atom. The van der Waals surface area contributed by atoms with Crippen LogP contribution in [0.4, 0.5) is 5.82 Å². The van der Waals surface area contributed by atoms with E-state index < -0.39 is 10.0 Å². The van der Waals surface area contributed by atoms with Gasteiger partial charge in [-0.25, -0.2) is 18.5 Å². The van der Waals surface area contributed by atoms with E-state index in [0.717, 1.165) is 23.4 Å². The van der Waals surface area contributed by atoms with Crippen molar-refractivity contribution < 1.29 is 8.42 Å². The van der Waals surface area contributed by atoms with Crippen LogP contribution in [-0.2, 0) is 28.4 Å². The van der Waals surface area contributed by atoms with Crippen LogP contribution in [-0.4, -0.2) is 23.0 Å². The molecule has 2 heterocycles. The normalized spacial score (nSPS) is 18.2. The van der Waals surface area contributed by atoms with Crippen molar-refractivity contribution in [3.8, 4) is 0 Å². The van der Waals surface area contributed by atoms with E-state index in [2.05, 4.69) is 10.4 Å². The van der Waals surface area contributed by atoms with Crippen LogP contribution < -0.4 is 10.5 Å². The molecule has 2 aliphatic carbocycles. The Kier molecular flexibility index (Phi) is 4.36. The van der Waals surface area contributed by atoms with E-state index in [1.165, 1.54) is 49.8 Å². The van der Waals surface area contributed by atoms with Crippen LogP contribution in [0.3, 0.4) is 0 Å². The van der Waals surface area contributed by atoms with Crippen molar-refractivity contribution in [2.75, 3.05) is 5.32 Å². The lowest BCUT2D eigenvalue weighted by atomic mass is 9.72. The van der Waals surface area contributed by atoms with Crippen molar-refractivity contribution in [2.24, 2.45) is 5.14 Å². The topological polar surface area (TPSA) is 102 Å². The monoisotopic (exact) mass is 411 g/mol. The van der Waals surface area contributed by atoms with Gasteiger partial charge in [0.15, 0.2) is 5.65 Å². The molecule has 0 radical (unpaired) electrons. The van der Waals surface area contributed by atoms with Crippen LogP contribution in [0.15, 0.2) is 41.4 Å². The van der Waals surface area contributed by atoms with Gasteiger partial charge in [0.1, 0.15) is 5.82 Å². The van der Waals surface area contributed by atoms with Crippen LogP contribution in [0.1, 0.15) is 55.3 Å². The van der Waals surface area contributed by atoms with E-state index in [-0.39, 0.29) is 10.3 Å². The van der Waals surface area contributed by atoms with Gasteiger partial charge in [-0.2, -0.15) is 9.61 Å². The van der Waals surface area contributed by atoms with Crippen LogP contribution >= 0.6 is 0 Å². The van der Waals surface area contributed by atoms with E-state index >= 15 is 0 Å². The number of rotatable bonds is 4. The van der Waals surface area contributed by atoms with Crippen molar-refractivity contribution >= 4 is 21.5 Å². The molecule has 0 atom stereocenters. The Bertz CT molecular complexity index is 1160. The standard InChI is InChI=1S/C21H25N5O2S/c22-29(27,28)16-6-4-15(5-7-16)14-23-20-17-8-12-21(10-2-1-3-11-21)19(17)25-18-9-13-24-26(18)20/h4-7,9,13,23H,1-3,8,10-12,14H2,(H2,22,27,28). The van der Waals surface area contributed by atoms with Gasteiger partial charge in [-0.15, -0.1) is 0 Å².